The average molecular weight is 821 g/mol. The minimum Gasteiger partial charge on any atom is -0.490 e. The molecule has 2 fully saturated rings. The highest BCUT2D eigenvalue weighted by Crippen LogP contribution is 2.34. The maximum absolute atomic E-state index is 13.3. The van der Waals surface area contributed by atoms with Crippen molar-refractivity contribution >= 4 is 41.0 Å². The predicted octanol–water partition coefficient (Wildman–Crippen LogP) is 3.16. The number of likely N-dealkylation sites (N-methyl/N-ethyl adjacent to an activating group) is 1. The van der Waals surface area contributed by atoms with Gasteiger partial charge in [-0.2, -0.15) is 18.4 Å². The van der Waals surface area contributed by atoms with E-state index in [1.807, 2.05) is 6.07 Å². The molecule has 1 aromatic heterocycles. The number of unbranched alkanes of at least 4 members (excludes halogenated alkanes) is 1. The van der Waals surface area contributed by atoms with Crippen LogP contribution in [-0.4, -0.2) is 107 Å². The van der Waals surface area contributed by atoms with E-state index < -0.39 is 47.4 Å². The quantitative estimate of drug-likeness (QED) is 0.122. The van der Waals surface area contributed by atoms with E-state index in [4.69, 9.17) is 10.00 Å². The van der Waals surface area contributed by atoms with Crippen molar-refractivity contribution in [1.29, 1.82) is 5.26 Å². The van der Waals surface area contributed by atoms with Gasteiger partial charge in [-0.15, -0.1) is 0 Å². The summed E-state index contributed by atoms with van der Waals surface area (Å²) >= 11 is 0. The minimum absolute atomic E-state index is 0.0884. The molecule has 0 aliphatic carbocycles. The van der Waals surface area contributed by atoms with Crippen LogP contribution in [-0.2, 0) is 43.1 Å². The van der Waals surface area contributed by atoms with E-state index in [0.717, 1.165) is 75.1 Å². The van der Waals surface area contributed by atoms with Crippen LogP contribution >= 0.6 is 0 Å². The van der Waals surface area contributed by atoms with Gasteiger partial charge in [0.15, 0.2) is 5.60 Å². The smallest absolute Gasteiger partial charge is 0.417 e. The second-order valence-corrected chi connectivity index (χ2v) is 14.8. The summed E-state index contributed by atoms with van der Waals surface area (Å²) in [5.41, 5.74) is -2.57. The van der Waals surface area contributed by atoms with Crippen molar-refractivity contribution in [2.24, 2.45) is 0 Å². The third-order valence-corrected chi connectivity index (χ3v) is 10.2. The zero-order chi connectivity index (χ0) is 42.7. The first-order chi connectivity index (χ1) is 28.0. The number of halogens is 3. The lowest BCUT2D eigenvalue weighted by molar-refractivity contribution is -0.144. The van der Waals surface area contributed by atoms with Crippen molar-refractivity contribution in [1.82, 2.24) is 25.4 Å². The summed E-state index contributed by atoms with van der Waals surface area (Å²) in [6, 6.07) is 13.8. The first-order valence-corrected chi connectivity index (χ1v) is 19.2. The fourth-order valence-electron chi connectivity index (χ4n) is 6.59. The van der Waals surface area contributed by atoms with Crippen LogP contribution in [0.3, 0.4) is 0 Å². The van der Waals surface area contributed by atoms with Crippen molar-refractivity contribution in [2.75, 3.05) is 56.6 Å². The molecule has 2 aliphatic rings. The summed E-state index contributed by atoms with van der Waals surface area (Å²) in [6.45, 7) is 4.95. The molecule has 0 bridgehead atoms. The summed E-state index contributed by atoms with van der Waals surface area (Å²) in [4.78, 5) is 72.2. The SMILES string of the molecule is CN(C(=O)Cc1ccnc(N2CCN(CCCCC(=O)NCc3ccc(OCC(C)(O)C(=O)Nc4ccc(C#N)c(C(F)(F)F)c4)cc3)CC2)c1)[C@H]1CCC(=O)NC1=O. The van der Waals surface area contributed by atoms with Gasteiger partial charge in [0, 0.05) is 64.5 Å². The van der Waals surface area contributed by atoms with Crippen LogP contribution in [0.5, 0.6) is 5.75 Å². The third kappa shape index (κ3) is 12.5. The predicted molar refractivity (Wildman–Crippen MR) is 209 cm³/mol. The van der Waals surface area contributed by atoms with Crippen LogP contribution in [0.4, 0.5) is 24.7 Å². The fourth-order valence-corrected chi connectivity index (χ4v) is 6.59. The van der Waals surface area contributed by atoms with E-state index in [1.54, 1.807) is 43.6 Å². The van der Waals surface area contributed by atoms with Gasteiger partial charge in [0.05, 0.1) is 23.6 Å². The summed E-state index contributed by atoms with van der Waals surface area (Å²) in [5.74, 6) is -0.984. The van der Waals surface area contributed by atoms with Crippen LogP contribution in [0.15, 0.2) is 60.8 Å². The van der Waals surface area contributed by atoms with Gasteiger partial charge in [0.25, 0.3) is 5.91 Å². The molecule has 2 aliphatic heterocycles. The Labute approximate surface area is 339 Å². The Hall–Kier alpha value is -6.06. The number of aliphatic hydroxyl groups is 1. The van der Waals surface area contributed by atoms with Crippen LogP contribution < -0.4 is 25.6 Å². The zero-order valence-electron chi connectivity index (χ0n) is 32.8. The molecular weight excluding hydrogens is 773 g/mol. The van der Waals surface area contributed by atoms with Gasteiger partial charge in [0.1, 0.15) is 24.2 Å². The minimum atomic E-state index is -4.81. The number of nitriles is 1. The van der Waals surface area contributed by atoms with E-state index >= 15 is 0 Å². The van der Waals surface area contributed by atoms with Crippen LogP contribution in [0, 0.1) is 11.3 Å². The number of benzene rings is 2. The van der Waals surface area contributed by atoms with Gasteiger partial charge >= 0.3 is 6.18 Å². The van der Waals surface area contributed by atoms with Crippen LogP contribution in [0.2, 0.25) is 0 Å². The maximum atomic E-state index is 13.3. The lowest BCUT2D eigenvalue weighted by Crippen LogP contribution is -2.53. The summed E-state index contributed by atoms with van der Waals surface area (Å²) in [6.07, 6.45) is -0.584. The highest BCUT2D eigenvalue weighted by Gasteiger charge is 2.36. The normalized spacial score (nSPS) is 17.0. The second kappa shape index (κ2) is 19.6. The molecule has 0 radical (unpaired) electrons. The molecule has 2 saturated heterocycles. The van der Waals surface area contributed by atoms with Gasteiger partial charge in [-0.25, -0.2) is 4.98 Å². The molecule has 314 valence electrons. The number of nitrogens with one attached hydrogen (secondary N) is 3. The summed E-state index contributed by atoms with van der Waals surface area (Å²) in [5, 5.41) is 27.0. The zero-order valence-corrected chi connectivity index (χ0v) is 32.8. The Balaban J connectivity index is 0.957. The van der Waals surface area contributed by atoms with E-state index in [9.17, 15) is 42.3 Å². The standard InChI is InChI=1S/C41H47F3N8O7/c1-40(58,39(57)48-30-9-8-29(24-45)32(23-30)41(42,43)44)26-59-31-10-6-27(7-11-31)25-47-35(53)5-3-4-16-51-17-19-52(20-18-51)34-21-28(14-15-46-34)22-37(55)50(2)33-12-13-36(54)49-38(33)56/h6-11,14-15,21,23,33,58H,3-5,12-13,16-20,22,25-26H2,1-2H3,(H,47,53)(H,48,57)(H,49,54,56)/t33-,40?/m0/s1. The lowest BCUT2D eigenvalue weighted by atomic mass is 10.0. The summed E-state index contributed by atoms with van der Waals surface area (Å²) in [7, 11) is 1.58. The third-order valence-electron chi connectivity index (χ3n) is 10.2. The number of hydrogen-bond acceptors (Lipinski definition) is 11. The number of piperazine rings is 1. The number of rotatable bonds is 16. The molecule has 0 spiro atoms. The van der Waals surface area contributed by atoms with Gasteiger partial charge in [-0.3, -0.25) is 34.2 Å². The Morgan fingerprint density at radius 3 is 2.44 bits per heavy atom. The van der Waals surface area contributed by atoms with E-state index in [-0.39, 0.29) is 42.8 Å². The maximum Gasteiger partial charge on any atom is 0.417 e. The Morgan fingerprint density at radius 1 is 1.03 bits per heavy atom. The molecule has 5 rings (SSSR count). The molecule has 5 amide bonds. The number of anilines is 2. The molecule has 18 heteroatoms. The molecule has 15 nitrogen and oxygen atoms in total. The lowest BCUT2D eigenvalue weighted by Gasteiger charge is -2.35. The highest BCUT2D eigenvalue weighted by molar-refractivity contribution is 6.01. The van der Waals surface area contributed by atoms with Crippen molar-refractivity contribution < 1.29 is 47.0 Å². The second-order valence-electron chi connectivity index (χ2n) is 14.8. The van der Waals surface area contributed by atoms with E-state index in [1.165, 1.54) is 11.0 Å². The number of piperidine rings is 1. The largest absolute Gasteiger partial charge is 0.490 e. The number of alkyl halides is 3. The molecule has 0 saturated carbocycles. The highest BCUT2D eigenvalue weighted by atomic mass is 19.4. The molecule has 2 atom stereocenters. The molecular formula is C41H47F3N8O7. The van der Waals surface area contributed by atoms with Gasteiger partial charge in [-0.1, -0.05) is 12.1 Å². The monoisotopic (exact) mass is 820 g/mol. The van der Waals surface area contributed by atoms with Crippen molar-refractivity contribution in [3.05, 3.63) is 83.0 Å². The topological polar surface area (TPSA) is 197 Å². The number of nitrogens with zero attached hydrogens (tertiary/aromatic N) is 5. The molecule has 1 unspecified atom stereocenters. The van der Waals surface area contributed by atoms with Crippen LogP contribution in [0.25, 0.3) is 0 Å². The Morgan fingerprint density at radius 2 is 1.76 bits per heavy atom. The van der Waals surface area contributed by atoms with Crippen molar-refractivity contribution in [3.63, 3.8) is 0 Å². The fraction of sp³-hybridized carbons (Fsp3) is 0.439. The molecule has 59 heavy (non-hydrogen) atoms. The van der Waals surface area contributed by atoms with Gasteiger partial charge < -0.3 is 30.3 Å². The number of amides is 5. The summed E-state index contributed by atoms with van der Waals surface area (Å²) < 4.78 is 45.4. The van der Waals surface area contributed by atoms with Crippen molar-refractivity contribution in [3.8, 4) is 11.8 Å². The first-order valence-electron chi connectivity index (χ1n) is 19.2. The number of aromatic nitrogens is 1. The number of pyridine rings is 1. The molecule has 2 aromatic carbocycles. The van der Waals surface area contributed by atoms with Crippen LogP contribution in [0.1, 0.15) is 61.3 Å². The number of ether oxygens (including phenoxy) is 1. The molecule has 3 heterocycles. The molecule has 3 aromatic rings. The Kier molecular flexibility index (Phi) is 14.6. The number of carbonyl (C=O) groups excluding carboxylic acids is 5. The average Bonchev–Trinajstić information content (AvgIpc) is 3.21. The van der Waals surface area contributed by atoms with E-state index in [0.29, 0.717) is 31.1 Å². The molecule has 4 N–H and O–H groups in total. The first kappa shape index (κ1) is 44.1. The number of carbonyl (C=O) groups is 5. The number of imide groups is 1. The number of hydrogen-bond donors (Lipinski definition) is 4. The Bertz CT molecular complexity index is 2050. The van der Waals surface area contributed by atoms with Crippen molar-refractivity contribution in [2.45, 2.75) is 69.8 Å². The van der Waals surface area contributed by atoms with Gasteiger partial charge in [-0.05, 0) is 86.3 Å². The van der Waals surface area contributed by atoms with E-state index in [2.05, 4.69) is 30.7 Å². The van der Waals surface area contributed by atoms with Gasteiger partial charge in [0.2, 0.25) is 23.6 Å².